The maximum atomic E-state index is 12.4. The van der Waals surface area contributed by atoms with Crippen LogP contribution in [-0.2, 0) is 16.9 Å². The Balaban J connectivity index is 1.36. The van der Waals surface area contributed by atoms with Gasteiger partial charge < -0.3 is 14.8 Å². The molecule has 25 heavy (non-hydrogen) atoms. The molecule has 2 bridgehead atoms. The number of nitrogens with zero attached hydrogens (tertiary/aromatic N) is 1. The predicted octanol–water partition coefficient (Wildman–Crippen LogP) is 2.41. The maximum Gasteiger partial charge on any atom is 0.234 e. The number of piperidine rings is 1. The fraction of sp³-hybridized carbons (Fsp3) is 0.450. The van der Waals surface area contributed by atoms with E-state index in [1.165, 1.54) is 0 Å². The fourth-order valence-corrected chi connectivity index (χ4v) is 4.34. The second-order valence-corrected chi connectivity index (χ2v) is 7.24. The highest BCUT2D eigenvalue weighted by Gasteiger charge is 2.49. The van der Waals surface area contributed by atoms with Crippen LogP contribution in [-0.4, -0.2) is 34.5 Å². The minimum Gasteiger partial charge on any atom is -0.466 e. The molecule has 5 heteroatoms. The lowest BCUT2D eigenvalue weighted by atomic mass is 9.84. The summed E-state index contributed by atoms with van der Waals surface area (Å²) in [5, 5.41) is 14.0. The lowest BCUT2D eigenvalue weighted by Crippen LogP contribution is -2.52. The fourth-order valence-electron chi connectivity index (χ4n) is 4.34. The largest absolute Gasteiger partial charge is 0.466 e. The van der Waals surface area contributed by atoms with Crippen LogP contribution in [0.3, 0.4) is 0 Å². The summed E-state index contributed by atoms with van der Waals surface area (Å²) in [5.41, 5.74) is 0.205. The molecule has 2 N–H and O–H groups in total. The van der Waals surface area contributed by atoms with E-state index in [-0.39, 0.29) is 18.0 Å². The van der Waals surface area contributed by atoms with E-state index in [4.69, 9.17) is 4.42 Å². The van der Waals surface area contributed by atoms with E-state index in [9.17, 15) is 9.90 Å². The molecule has 1 unspecified atom stereocenters. The minimum absolute atomic E-state index is 0.0455. The highest BCUT2D eigenvalue weighted by Crippen LogP contribution is 2.45. The number of fused-ring (bicyclic) bond motifs is 2. The van der Waals surface area contributed by atoms with E-state index in [1.54, 1.807) is 6.26 Å². The molecule has 132 valence electrons. The van der Waals surface area contributed by atoms with Crippen molar-refractivity contribution in [1.82, 2.24) is 10.2 Å². The topological polar surface area (TPSA) is 65.7 Å². The Morgan fingerprint density at radius 1 is 1.16 bits per heavy atom. The van der Waals surface area contributed by atoms with Crippen molar-refractivity contribution in [3.05, 3.63) is 60.1 Å². The van der Waals surface area contributed by atoms with Crippen molar-refractivity contribution in [1.29, 1.82) is 0 Å². The Labute approximate surface area is 147 Å². The van der Waals surface area contributed by atoms with Crippen LogP contribution >= 0.6 is 0 Å². The monoisotopic (exact) mass is 340 g/mol. The number of carbonyl (C=O) groups excluding carboxylic acids is 1. The first-order chi connectivity index (χ1) is 12.1. The van der Waals surface area contributed by atoms with Crippen molar-refractivity contribution < 1.29 is 14.3 Å². The first kappa shape index (κ1) is 16.4. The van der Waals surface area contributed by atoms with Gasteiger partial charge in [0, 0.05) is 18.6 Å². The average molecular weight is 340 g/mol. The van der Waals surface area contributed by atoms with Crippen LogP contribution in [0.4, 0.5) is 0 Å². The molecule has 0 aliphatic carbocycles. The van der Waals surface area contributed by atoms with Crippen molar-refractivity contribution >= 4 is 5.91 Å². The van der Waals surface area contributed by atoms with Crippen LogP contribution in [0.15, 0.2) is 53.1 Å². The van der Waals surface area contributed by atoms with Crippen molar-refractivity contribution in [2.75, 3.05) is 6.54 Å². The summed E-state index contributed by atoms with van der Waals surface area (Å²) in [7, 11) is 0. The van der Waals surface area contributed by atoms with Crippen LogP contribution in [0.2, 0.25) is 0 Å². The summed E-state index contributed by atoms with van der Waals surface area (Å²) in [5.74, 6) is 0.696. The number of carbonyl (C=O) groups is 1. The van der Waals surface area contributed by atoms with E-state index in [0.29, 0.717) is 31.7 Å². The van der Waals surface area contributed by atoms with Crippen molar-refractivity contribution in [3.8, 4) is 0 Å². The number of hydrogen-bond acceptors (Lipinski definition) is 4. The molecule has 0 saturated carbocycles. The molecule has 5 nitrogen and oxygen atoms in total. The van der Waals surface area contributed by atoms with Gasteiger partial charge >= 0.3 is 0 Å². The number of furan rings is 1. The molecule has 2 fully saturated rings. The highest BCUT2D eigenvalue weighted by atomic mass is 16.4. The molecule has 2 saturated heterocycles. The molecule has 2 aliphatic rings. The SMILES string of the molecule is O=C(CN1[C@@H]2CC[C@H]1CC(O)(c1ccco1)C2)NCc1ccccc1. The van der Waals surface area contributed by atoms with Crippen LogP contribution in [0, 0.1) is 0 Å². The smallest absolute Gasteiger partial charge is 0.234 e. The van der Waals surface area contributed by atoms with E-state index in [1.807, 2.05) is 42.5 Å². The zero-order valence-electron chi connectivity index (χ0n) is 14.2. The van der Waals surface area contributed by atoms with Crippen molar-refractivity contribution in [3.63, 3.8) is 0 Å². The van der Waals surface area contributed by atoms with Gasteiger partial charge in [-0.3, -0.25) is 9.69 Å². The number of hydrogen-bond donors (Lipinski definition) is 2. The van der Waals surface area contributed by atoms with Crippen molar-refractivity contribution in [2.45, 2.75) is 49.9 Å². The standard InChI is InChI=1S/C20H24N2O3/c23-19(21-13-15-5-2-1-3-6-15)14-22-16-8-9-17(22)12-20(24,11-16)18-7-4-10-25-18/h1-7,10,16-17,24H,8-9,11-14H2,(H,21,23)/t16-,17+,20?. The van der Waals surface area contributed by atoms with Crippen LogP contribution in [0.5, 0.6) is 0 Å². The molecule has 3 heterocycles. The zero-order chi connectivity index (χ0) is 17.3. The van der Waals surface area contributed by atoms with Gasteiger partial charge in [-0.2, -0.15) is 0 Å². The molecule has 1 aromatic heterocycles. The Hall–Kier alpha value is -2.11. The third-order valence-corrected chi connectivity index (χ3v) is 5.56. The summed E-state index contributed by atoms with van der Waals surface area (Å²) in [6.07, 6.45) is 4.92. The first-order valence-corrected chi connectivity index (χ1v) is 8.97. The second kappa shape index (κ2) is 6.65. The quantitative estimate of drug-likeness (QED) is 0.877. The molecular weight excluding hydrogens is 316 g/mol. The van der Waals surface area contributed by atoms with Crippen LogP contribution in [0.1, 0.15) is 37.0 Å². The maximum absolute atomic E-state index is 12.4. The summed E-state index contributed by atoms with van der Waals surface area (Å²) in [6.45, 7) is 0.954. The van der Waals surface area contributed by atoms with Gasteiger partial charge in [-0.1, -0.05) is 30.3 Å². The molecule has 3 atom stereocenters. The zero-order valence-corrected chi connectivity index (χ0v) is 14.2. The van der Waals surface area contributed by atoms with E-state index in [2.05, 4.69) is 10.2 Å². The average Bonchev–Trinajstić information content (AvgIpc) is 3.23. The lowest BCUT2D eigenvalue weighted by molar-refractivity contribution is -0.126. The molecule has 1 aromatic carbocycles. The Morgan fingerprint density at radius 3 is 2.52 bits per heavy atom. The number of aliphatic hydroxyl groups is 1. The van der Waals surface area contributed by atoms with Gasteiger partial charge in [0.1, 0.15) is 11.4 Å². The van der Waals surface area contributed by atoms with Gasteiger partial charge in [0.15, 0.2) is 0 Å². The lowest BCUT2D eigenvalue weighted by Gasteiger charge is -2.42. The second-order valence-electron chi connectivity index (χ2n) is 7.24. The van der Waals surface area contributed by atoms with Gasteiger partial charge in [-0.25, -0.2) is 0 Å². The number of rotatable bonds is 5. The summed E-state index contributed by atoms with van der Waals surface area (Å²) < 4.78 is 5.46. The van der Waals surface area contributed by atoms with Gasteiger partial charge in [-0.15, -0.1) is 0 Å². The van der Waals surface area contributed by atoms with Gasteiger partial charge in [0.05, 0.1) is 12.8 Å². The molecule has 2 aromatic rings. The van der Waals surface area contributed by atoms with Crippen LogP contribution < -0.4 is 5.32 Å². The van der Waals surface area contributed by atoms with E-state index >= 15 is 0 Å². The van der Waals surface area contributed by atoms with Gasteiger partial charge in [0.25, 0.3) is 0 Å². The van der Waals surface area contributed by atoms with E-state index < -0.39 is 5.60 Å². The molecule has 0 radical (unpaired) electrons. The van der Waals surface area contributed by atoms with Crippen molar-refractivity contribution in [2.24, 2.45) is 0 Å². The Morgan fingerprint density at radius 2 is 1.88 bits per heavy atom. The number of nitrogens with one attached hydrogen (secondary N) is 1. The normalized spacial score (nSPS) is 28.8. The summed E-state index contributed by atoms with van der Waals surface area (Å²) in [6, 6.07) is 14.1. The predicted molar refractivity (Wildman–Crippen MR) is 93.6 cm³/mol. The molecule has 0 spiro atoms. The third-order valence-electron chi connectivity index (χ3n) is 5.56. The third kappa shape index (κ3) is 3.34. The van der Waals surface area contributed by atoms with Crippen LogP contribution in [0.25, 0.3) is 0 Å². The Kier molecular flexibility index (Phi) is 4.36. The van der Waals surface area contributed by atoms with Gasteiger partial charge in [-0.05, 0) is 43.4 Å². The van der Waals surface area contributed by atoms with E-state index in [0.717, 1.165) is 18.4 Å². The number of amides is 1. The minimum atomic E-state index is -0.896. The highest BCUT2D eigenvalue weighted by molar-refractivity contribution is 5.78. The first-order valence-electron chi connectivity index (χ1n) is 8.97. The Bertz CT molecular complexity index is 700. The molecular formula is C20H24N2O3. The summed E-state index contributed by atoms with van der Waals surface area (Å²) in [4.78, 5) is 14.6. The molecule has 2 aliphatic heterocycles. The molecule has 1 amide bonds. The number of benzene rings is 1. The molecule has 4 rings (SSSR count). The van der Waals surface area contributed by atoms with Gasteiger partial charge in [0.2, 0.25) is 5.91 Å². The summed E-state index contributed by atoms with van der Waals surface area (Å²) >= 11 is 0.